The highest BCUT2D eigenvalue weighted by Crippen LogP contribution is 2.49. The first-order valence-corrected chi connectivity index (χ1v) is 6.52. The van der Waals surface area contributed by atoms with E-state index >= 15 is 0 Å². The Hall–Kier alpha value is -0.0700. The third-order valence-electron chi connectivity index (χ3n) is 2.80. The smallest absolute Gasteiger partial charge is 0.299 e. The highest BCUT2D eigenvalue weighted by molar-refractivity contribution is 9.10. The number of rotatable bonds is 3. The van der Waals surface area contributed by atoms with Crippen LogP contribution in [-0.4, -0.2) is 11.7 Å². The van der Waals surface area contributed by atoms with Crippen LogP contribution in [0.4, 0.5) is 13.2 Å². The highest BCUT2D eigenvalue weighted by Gasteiger charge is 2.62. The largest absolute Gasteiger partial charge is 0.406 e. The van der Waals surface area contributed by atoms with E-state index in [0.29, 0.717) is 0 Å². The van der Waals surface area contributed by atoms with E-state index in [9.17, 15) is 13.2 Å². The van der Waals surface area contributed by atoms with Gasteiger partial charge < -0.3 is 0 Å². The van der Waals surface area contributed by atoms with Crippen LogP contribution in [-0.2, 0) is 6.54 Å². The highest BCUT2D eigenvalue weighted by atomic mass is 79.9. The van der Waals surface area contributed by atoms with Gasteiger partial charge in [0.25, 0.3) is 0 Å². The quantitative estimate of drug-likeness (QED) is 0.889. The molecule has 1 saturated carbocycles. The fourth-order valence-electron chi connectivity index (χ4n) is 1.55. The SMILES string of the molecule is Cc1sc(CNC2(C(F)(F)F)CC2)cc1Br. The van der Waals surface area contributed by atoms with Gasteiger partial charge in [-0.1, -0.05) is 0 Å². The van der Waals surface area contributed by atoms with Crippen molar-refractivity contribution in [3.63, 3.8) is 0 Å². The molecular weight excluding hydrogens is 303 g/mol. The van der Waals surface area contributed by atoms with Crippen molar-refractivity contribution >= 4 is 27.3 Å². The first-order chi connectivity index (χ1) is 7.34. The van der Waals surface area contributed by atoms with Crippen LogP contribution in [0.3, 0.4) is 0 Å². The minimum absolute atomic E-state index is 0.196. The second-order valence-corrected chi connectivity index (χ2v) is 6.25. The molecule has 1 heterocycles. The molecule has 1 aliphatic rings. The monoisotopic (exact) mass is 313 g/mol. The van der Waals surface area contributed by atoms with E-state index in [1.807, 2.05) is 13.0 Å². The standard InChI is InChI=1S/C10H11BrF3NS/c1-6-8(11)4-7(16-6)5-15-9(2-3-9)10(12,13)14/h4,15H,2-3,5H2,1H3. The average molecular weight is 314 g/mol. The van der Waals surface area contributed by atoms with Crippen LogP contribution in [0.25, 0.3) is 0 Å². The van der Waals surface area contributed by atoms with Gasteiger partial charge in [0.2, 0.25) is 0 Å². The summed E-state index contributed by atoms with van der Waals surface area (Å²) in [6.07, 6.45) is -3.74. The first kappa shape index (κ1) is 12.4. The fraction of sp³-hybridized carbons (Fsp3) is 0.600. The molecule has 1 N–H and O–H groups in total. The summed E-state index contributed by atoms with van der Waals surface area (Å²) < 4.78 is 38.8. The van der Waals surface area contributed by atoms with E-state index in [1.165, 1.54) is 11.3 Å². The van der Waals surface area contributed by atoms with E-state index in [2.05, 4.69) is 21.2 Å². The molecule has 0 aromatic carbocycles. The summed E-state index contributed by atoms with van der Waals surface area (Å²) in [6.45, 7) is 2.23. The summed E-state index contributed by atoms with van der Waals surface area (Å²) in [5, 5.41) is 2.63. The molecule has 0 bridgehead atoms. The van der Waals surface area contributed by atoms with Crippen molar-refractivity contribution in [2.24, 2.45) is 0 Å². The number of thiophene rings is 1. The van der Waals surface area contributed by atoms with Crippen molar-refractivity contribution in [1.29, 1.82) is 0 Å². The second kappa shape index (κ2) is 3.99. The molecule has 1 nitrogen and oxygen atoms in total. The van der Waals surface area contributed by atoms with Crippen LogP contribution < -0.4 is 5.32 Å². The Labute approximate surface area is 104 Å². The van der Waals surface area contributed by atoms with Crippen molar-refractivity contribution in [3.05, 3.63) is 20.3 Å². The van der Waals surface area contributed by atoms with Crippen LogP contribution >= 0.6 is 27.3 Å². The summed E-state index contributed by atoms with van der Waals surface area (Å²) in [5.74, 6) is 0. The molecule has 0 spiro atoms. The van der Waals surface area contributed by atoms with Crippen molar-refractivity contribution in [2.45, 2.75) is 38.0 Å². The Bertz CT molecular complexity index is 376. The van der Waals surface area contributed by atoms with E-state index in [1.54, 1.807) is 0 Å². The maximum atomic E-state index is 12.6. The Kier molecular flexibility index (Phi) is 3.09. The third-order valence-corrected chi connectivity index (χ3v) is 4.94. The second-order valence-electron chi connectivity index (χ2n) is 4.05. The van der Waals surface area contributed by atoms with Gasteiger partial charge in [-0.2, -0.15) is 13.2 Å². The lowest BCUT2D eigenvalue weighted by atomic mass is 10.2. The molecule has 0 radical (unpaired) electrons. The predicted molar refractivity (Wildman–Crippen MR) is 61.6 cm³/mol. The van der Waals surface area contributed by atoms with Gasteiger partial charge in [-0.3, -0.25) is 5.32 Å². The molecule has 0 saturated heterocycles. The molecule has 16 heavy (non-hydrogen) atoms. The van der Waals surface area contributed by atoms with Crippen LogP contribution in [0, 0.1) is 6.92 Å². The molecule has 1 aromatic rings. The molecular formula is C10H11BrF3NS. The summed E-state index contributed by atoms with van der Waals surface area (Å²) in [4.78, 5) is 2.02. The van der Waals surface area contributed by atoms with Gasteiger partial charge in [0, 0.05) is 20.8 Å². The molecule has 90 valence electrons. The van der Waals surface area contributed by atoms with Gasteiger partial charge in [0.15, 0.2) is 0 Å². The Morgan fingerprint density at radius 3 is 2.50 bits per heavy atom. The molecule has 1 fully saturated rings. The summed E-state index contributed by atoms with van der Waals surface area (Å²) in [7, 11) is 0. The van der Waals surface area contributed by atoms with Gasteiger partial charge >= 0.3 is 6.18 Å². The number of nitrogens with one attached hydrogen (secondary N) is 1. The van der Waals surface area contributed by atoms with Gasteiger partial charge in [-0.25, -0.2) is 0 Å². The van der Waals surface area contributed by atoms with Crippen LogP contribution in [0.15, 0.2) is 10.5 Å². The van der Waals surface area contributed by atoms with Crippen molar-refractivity contribution < 1.29 is 13.2 Å². The fourth-order valence-corrected chi connectivity index (χ4v) is 3.09. The van der Waals surface area contributed by atoms with E-state index in [4.69, 9.17) is 0 Å². The molecule has 0 amide bonds. The van der Waals surface area contributed by atoms with Crippen molar-refractivity contribution in [2.75, 3.05) is 0 Å². The zero-order valence-electron chi connectivity index (χ0n) is 8.62. The lowest BCUT2D eigenvalue weighted by molar-refractivity contribution is -0.166. The normalized spacial score (nSPS) is 18.8. The van der Waals surface area contributed by atoms with E-state index < -0.39 is 11.7 Å². The van der Waals surface area contributed by atoms with Crippen molar-refractivity contribution in [3.8, 4) is 0 Å². The van der Waals surface area contributed by atoms with Crippen LogP contribution in [0.1, 0.15) is 22.6 Å². The minimum Gasteiger partial charge on any atom is -0.299 e. The number of hydrogen-bond acceptors (Lipinski definition) is 2. The Balaban J connectivity index is 1.98. The number of halogens is 4. The topological polar surface area (TPSA) is 12.0 Å². The summed E-state index contributed by atoms with van der Waals surface area (Å²) >= 11 is 4.87. The maximum Gasteiger partial charge on any atom is 0.406 e. The Morgan fingerprint density at radius 1 is 1.50 bits per heavy atom. The minimum atomic E-state index is -4.13. The zero-order chi connectivity index (χ0) is 12.0. The first-order valence-electron chi connectivity index (χ1n) is 4.91. The molecule has 0 unspecified atom stereocenters. The lowest BCUT2D eigenvalue weighted by Crippen LogP contribution is -2.44. The van der Waals surface area contributed by atoms with Crippen LogP contribution in [0.2, 0.25) is 0 Å². The van der Waals surface area contributed by atoms with E-state index in [0.717, 1.165) is 14.2 Å². The van der Waals surface area contributed by atoms with Gasteiger partial charge in [-0.05, 0) is 41.8 Å². The number of alkyl halides is 3. The number of hydrogen-bond donors (Lipinski definition) is 1. The maximum absolute atomic E-state index is 12.6. The summed E-state index contributed by atoms with van der Waals surface area (Å²) in [5.41, 5.74) is -1.61. The molecule has 1 aliphatic carbocycles. The average Bonchev–Trinajstić information content (AvgIpc) is 2.88. The van der Waals surface area contributed by atoms with E-state index in [-0.39, 0.29) is 19.4 Å². The van der Waals surface area contributed by atoms with Gasteiger partial charge in [-0.15, -0.1) is 11.3 Å². The molecule has 6 heteroatoms. The third kappa shape index (κ3) is 2.28. The molecule has 0 atom stereocenters. The van der Waals surface area contributed by atoms with Crippen LogP contribution in [0.5, 0.6) is 0 Å². The zero-order valence-corrected chi connectivity index (χ0v) is 11.0. The lowest BCUT2D eigenvalue weighted by Gasteiger charge is -2.20. The van der Waals surface area contributed by atoms with Gasteiger partial charge in [0.1, 0.15) is 5.54 Å². The Morgan fingerprint density at radius 2 is 2.12 bits per heavy atom. The predicted octanol–water partition coefficient (Wildman–Crippen LogP) is 4.00. The molecule has 1 aromatic heterocycles. The number of aryl methyl sites for hydroxylation is 1. The van der Waals surface area contributed by atoms with Gasteiger partial charge in [0.05, 0.1) is 0 Å². The molecule has 0 aliphatic heterocycles. The van der Waals surface area contributed by atoms with Crippen molar-refractivity contribution in [1.82, 2.24) is 5.32 Å². The summed E-state index contributed by atoms with van der Waals surface area (Å²) in [6, 6.07) is 1.87. The molecule has 2 rings (SSSR count).